The molecule has 1 saturated carbocycles. The lowest BCUT2D eigenvalue weighted by Gasteiger charge is -2.19. The lowest BCUT2D eigenvalue weighted by atomic mass is 9.89. The summed E-state index contributed by atoms with van der Waals surface area (Å²) in [6.07, 6.45) is 7.29. The van der Waals surface area contributed by atoms with Crippen LogP contribution < -0.4 is 4.74 Å². The maximum absolute atomic E-state index is 10.5. The number of benzene rings is 1. The molecule has 29 heavy (non-hydrogen) atoms. The van der Waals surface area contributed by atoms with Gasteiger partial charge in [0, 0.05) is 23.8 Å². The third-order valence-corrected chi connectivity index (χ3v) is 5.29. The number of carboxylic acid groups (broad SMARTS) is 1. The van der Waals surface area contributed by atoms with Crippen molar-refractivity contribution in [3.63, 3.8) is 0 Å². The summed E-state index contributed by atoms with van der Waals surface area (Å²) in [6.45, 7) is 0.0671. The monoisotopic (exact) mass is 424 g/mol. The first kappa shape index (κ1) is 23.4. The fraction of sp³-hybridized carbons (Fsp3) is 0.500. The Morgan fingerprint density at radius 1 is 1.21 bits per heavy atom. The highest BCUT2D eigenvalue weighted by Crippen LogP contribution is 2.36. The summed E-state index contributed by atoms with van der Waals surface area (Å²) in [5.41, 5.74) is 0. The summed E-state index contributed by atoms with van der Waals surface area (Å²) < 4.78 is 5.51. The minimum atomic E-state index is -0.845. The van der Waals surface area contributed by atoms with Gasteiger partial charge in [0.15, 0.2) is 0 Å². The van der Waals surface area contributed by atoms with Gasteiger partial charge in [-0.05, 0) is 49.4 Å². The average Bonchev–Trinajstić information content (AvgIpc) is 2.94. The second-order valence-electron chi connectivity index (χ2n) is 7.32. The van der Waals surface area contributed by atoms with Gasteiger partial charge in [-0.1, -0.05) is 35.9 Å². The molecule has 2 rings (SSSR count). The highest BCUT2D eigenvalue weighted by molar-refractivity contribution is 6.30. The lowest BCUT2D eigenvalue weighted by molar-refractivity contribution is -0.137. The molecule has 0 aromatic heterocycles. The van der Waals surface area contributed by atoms with Crippen molar-refractivity contribution in [2.24, 2.45) is 11.8 Å². The molecule has 0 amide bonds. The highest BCUT2D eigenvalue weighted by Gasteiger charge is 2.39. The van der Waals surface area contributed by atoms with E-state index < -0.39 is 24.3 Å². The maximum Gasteiger partial charge on any atom is 0.303 e. The number of hydrogen-bond acceptors (Lipinski definition) is 5. The van der Waals surface area contributed by atoms with Crippen LogP contribution in [0.5, 0.6) is 5.75 Å². The number of aliphatic carboxylic acids is 1. The molecule has 0 unspecified atom stereocenters. The molecule has 1 aliphatic rings. The molecule has 0 heterocycles. The fourth-order valence-corrected chi connectivity index (χ4v) is 3.60. The molecule has 5 atom stereocenters. The number of hydrogen-bond donors (Lipinski definition) is 4. The van der Waals surface area contributed by atoms with Crippen molar-refractivity contribution in [1.29, 1.82) is 0 Å². The Labute approximate surface area is 176 Å². The second-order valence-corrected chi connectivity index (χ2v) is 7.76. The molecule has 1 aliphatic carbocycles. The maximum atomic E-state index is 10.5. The van der Waals surface area contributed by atoms with Gasteiger partial charge in [-0.3, -0.25) is 4.79 Å². The van der Waals surface area contributed by atoms with Crippen LogP contribution in [-0.4, -0.2) is 51.3 Å². The molecule has 160 valence electrons. The third-order valence-electron chi connectivity index (χ3n) is 5.04. The molecule has 4 N–H and O–H groups in total. The SMILES string of the molecule is O=C(O)CCCC=CC[C@@H]1[C@@H](C=C[C@@H](O)COc2ccc(Cl)cc2)[C@H](O)C[C@@H]1O. The van der Waals surface area contributed by atoms with Crippen molar-refractivity contribution in [3.05, 3.63) is 53.6 Å². The van der Waals surface area contributed by atoms with Crippen LogP contribution >= 0.6 is 11.6 Å². The van der Waals surface area contributed by atoms with E-state index in [1.54, 1.807) is 36.4 Å². The number of aliphatic hydroxyl groups is 3. The topological polar surface area (TPSA) is 107 Å². The molecular weight excluding hydrogens is 396 g/mol. The first-order chi connectivity index (χ1) is 13.9. The molecular formula is C22H29ClO6. The van der Waals surface area contributed by atoms with Gasteiger partial charge in [0.25, 0.3) is 0 Å². The normalized spacial score (nSPS) is 25.7. The molecule has 0 aliphatic heterocycles. The van der Waals surface area contributed by atoms with Crippen LogP contribution in [0, 0.1) is 11.8 Å². The van der Waals surface area contributed by atoms with Crippen LogP contribution in [0.1, 0.15) is 32.1 Å². The van der Waals surface area contributed by atoms with Gasteiger partial charge in [0.2, 0.25) is 0 Å². The van der Waals surface area contributed by atoms with Crippen LogP contribution in [0.15, 0.2) is 48.6 Å². The van der Waals surface area contributed by atoms with E-state index in [2.05, 4.69) is 0 Å². The number of ether oxygens (including phenoxy) is 1. The summed E-state index contributed by atoms with van der Waals surface area (Å²) in [6, 6.07) is 6.84. The quantitative estimate of drug-likeness (QED) is 0.321. The number of carbonyl (C=O) groups is 1. The summed E-state index contributed by atoms with van der Waals surface area (Å²) in [4.78, 5) is 10.5. The largest absolute Gasteiger partial charge is 0.491 e. The van der Waals surface area contributed by atoms with E-state index in [9.17, 15) is 20.1 Å². The molecule has 0 radical (unpaired) electrons. The van der Waals surface area contributed by atoms with Gasteiger partial charge < -0.3 is 25.2 Å². The number of aliphatic hydroxyl groups excluding tert-OH is 3. The molecule has 0 bridgehead atoms. The first-order valence-electron chi connectivity index (χ1n) is 9.84. The van der Waals surface area contributed by atoms with Crippen molar-refractivity contribution in [2.45, 2.75) is 50.4 Å². The minimum Gasteiger partial charge on any atom is -0.491 e. The Balaban J connectivity index is 1.82. The van der Waals surface area contributed by atoms with E-state index in [0.29, 0.717) is 36.5 Å². The van der Waals surface area contributed by atoms with Crippen LogP contribution in [0.2, 0.25) is 5.02 Å². The van der Waals surface area contributed by atoms with Crippen LogP contribution in [0.3, 0.4) is 0 Å². The molecule has 6 nitrogen and oxygen atoms in total. The fourth-order valence-electron chi connectivity index (χ4n) is 3.47. The zero-order chi connectivity index (χ0) is 21.2. The van der Waals surface area contributed by atoms with Crippen LogP contribution in [0.4, 0.5) is 0 Å². The third kappa shape index (κ3) is 8.19. The van der Waals surface area contributed by atoms with Gasteiger partial charge >= 0.3 is 5.97 Å². The molecule has 1 aromatic carbocycles. The smallest absolute Gasteiger partial charge is 0.303 e. The summed E-state index contributed by atoms with van der Waals surface area (Å²) in [7, 11) is 0. The standard InChI is InChI=1S/C22H29ClO6/c23-15-7-10-17(11-8-15)29-14-16(24)9-12-19-18(20(25)13-21(19)26)5-3-1-2-4-6-22(27)28/h1,3,7-12,16,18-21,24-26H,2,4-6,13-14H2,(H,27,28)/t16-,18-,19-,20+,21-/m1/s1. The Morgan fingerprint density at radius 3 is 2.62 bits per heavy atom. The predicted molar refractivity (Wildman–Crippen MR) is 111 cm³/mol. The van der Waals surface area contributed by atoms with Gasteiger partial charge in [-0.15, -0.1) is 0 Å². The summed E-state index contributed by atoms with van der Waals surface area (Å²) in [5.74, 6) is -0.624. The molecule has 0 saturated heterocycles. The minimum absolute atomic E-state index is 0.0671. The number of rotatable bonds is 11. The van der Waals surface area contributed by atoms with Crippen molar-refractivity contribution < 1.29 is 30.0 Å². The Hall–Kier alpha value is -1.86. The van der Waals surface area contributed by atoms with E-state index in [1.807, 2.05) is 12.2 Å². The molecule has 7 heteroatoms. The number of allylic oxidation sites excluding steroid dienone is 2. The van der Waals surface area contributed by atoms with E-state index in [-0.39, 0.29) is 24.9 Å². The van der Waals surface area contributed by atoms with Gasteiger partial charge in [-0.25, -0.2) is 0 Å². The van der Waals surface area contributed by atoms with E-state index in [4.69, 9.17) is 21.4 Å². The predicted octanol–water partition coefficient (Wildman–Crippen LogP) is 3.20. The van der Waals surface area contributed by atoms with Crippen molar-refractivity contribution >= 4 is 17.6 Å². The van der Waals surface area contributed by atoms with E-state index in [1.165, 1.54) is 0 Å². The molecule has 1 fully saturated rings. The number of halogens is 1. The average molecular weight is 425 g/mol. The number of unbranched alkanes of at least 4 members (excludes halogenated alkanes) is 1. The van der Waals surface area contributed by atoms with Crippen LogP contribution in [-0.2, 0) is 4.79 Å². The summed E-state index contributed by atoms with van der Waals surface area (Å²) in [5, 5.41) is 39.9. The Bertz CT molecular complexity index is 687. The Morgan fingerprint density at radius 2 is 1.93 bits per heavy atom. The van der Waals surface area contributed by atoms with Gasteiger partial charge in [0.1, 0.15) is 18.5 Å². The highest BCUT2D eigenvalue weighted by atomic mass is 35.5. The first-order valence-corrected chi connectivity index (χ1v) is 10.2. The van der Waals surface area contributed by atoms with Crippen molar-refractivity contribution in [3.8, 4) is 5.75 Å². The van der Waals surface area contributed by atoms with Crippen LogP contribution in [0.25, 0.3) is 0 Å². The molecule has 0 spiro atoms. The Kier molecular flexibility index (Phi) is 9.67. The van der Waals surface area contributed by atoms with E-state index in [0.717, 1.165) is 0 Å². The lowest BCUT2D eigenvalue weighted by Crippen LogP contribution is -2.21. The van der Waals surface area contributed by atoms with Gasteiger partial charge in [0.05, 0.1) is 12.2 Å². The summed E-state index contributed by atoms with van der Waals surface area (Å²) >= 11 is 5.82. The zero-order valence-electron chi connectivity index (χ0n) is 16.2. The molecule has 1 aromatic rings. The van der Waals surface area contributed by atoms with Gasteiger partial charge in [-0.2, -0.15) is 0 Å². The van der Waals surface area contributed by atoms with Crippen molar-refractivity contribution in [2.75, 3.05) is 6.61 Å². The van der Waals surface area contributed by atoms with E-state index >= 15 is 0 Å². The second kappa shape index (κ2) is 12.0. The zero-order valence-corrected chi connectivity index (χ0v) is 17.0. The van der Waals surface area contributed by atoms with Crippen molar-refractivity contribution in [1.82, 2.24) is 0 Å². The number of carboxylic acids is 1.